The minimum absolute atomic E-state index is 0.282. The van der Waals surface area contributed by atoms with E-state index in [9.17, 15) is 0 Å². The fraction of sp³-hybridized carbons (Fsp3) is 0.429. The molecule has 0 aliphatic carbocycles. The van der Waals surface area contributed by atoms with E-state index in [-0.39, 0.29) is 6.10 Å². The number of hydrogen-bond acceptors (Lipinski definition) is 6. The van der Waals surface area contributed by atoms with Crippen LogP contribution in [0.4, 0.5) is 0 Å². The van der Waals surface area contributed by atoms with Crippen LogP contribution in [-0.4, -0.2) is 44.4 Å². The molecule has 2 atom stereocenters. The Bertz CT molecular complexity index is 862. The number of fused-ring (bicyclic) bond motifs is 1. The van der Waals surface area contributed by atoms with E-state index in [2.05, 4.69) is 46.8 Å². The van der Waals surface area contributed by atoms with E-state index in [0.29, 0.717) is 12.6 Å². The van der Waals surface area contributed by atoms with E-state index in [0.717, 1.165) is 48.7 Å². The first-order chi connectivity index (χ1) is 13.2. The zero-order chi connectivity index (χ0) is 18.6. The highest BCUT2D eigenvalue weighted by Crippen LogP contribution is 2.29. The highest BCUT2D eigenvalue weighted by Gasteiger charge is 2.26. The molecule has 4 rings (SSSR count). The first kappa shape index (κ1) is 18.5. The summed E-state index contributed by atoms with van der Waals surface area (Å²) in [4.78, 5) is 3.91. The van der Waals surface area contributed by atoms with Crippen molar-refractivity contribution >= 4 is 22.3 Å². The van der Waals surface area contributed by atoms with Gasteiger partial charge in [0.25, 0.3) is 0 Å². The predicted molar refractivity (Wildman–Crippen MR) is 109 cm³/mol. The van der Waals surface area contributed by atoms with Gasteiger partial charge in [0.1, 0.15) is 5.76 Å². The second-order valence-corrected chi connectivity index (χ2v) is 7.91. The van der Waals surface area contributed by atoms with Crippen LogP contribution in [0.15, 0.2) is 46.2 Å². The van der Waals surface area contributed by atoms with Gasteiger partial charge in [0.2, 0.25) is 0 Å². The minimum Gasteiger partial charge on any atom is -0.493 e. The monoisotopic (exact) mass is 386 g/mol. The third-order valence-corrected chi connectivity index (χ3v) is 5.97. The summed E-state index contributed by atoms with van der Waals surface area (Å²) in [7, 11) is 1.67. The van der Waals surface area contributed by atoms with Gasteiger partial charge in [-0.05, 0) is 30.5 Å². The number of nitrogens with one attached hydrogen (secondary N) is 1. The molecule has 0 spiro atoms. The second kappa shape index (κ2) is 8.44. The molecular weight excluding hydrogens is 360 g/mol. The minimum atomic E-state index is 0.282. The van der Waals surface area contributed by atoms with Crippen molar-refractivity contribution in [2.45, 2.75) is 25.6 Å². The van der Waals surface area contributed by atoms with Gasteiger partial charge in [-0.1, -0.05) is 18.2 Å². The van der Waals surface area contributed by atoms with E-state index in [1.165, 1.54) is 4.88 Å². The van der Waals surface area contributed by atoms with Gasteiger partial charge in [0.15, 0.2) is 11.3 Å². The Morgan fingerprint density at radius 3 is 3.04 bits per heavy atom. The lowest BCUT2D eigenvalue weighted by atomic mass is 10.1. The molecule has 2 aromatic heterocycles. The van der Waals surface area contributed by atoms with Gasteiger partial charge in [-0.3, -0.25) is 4.90 Å². The molecule has 1 N–H and O–H groups in total. The number of hydrogen-bond donors (Lipinski definition) is 1. The Balaban J connectivity index is 1.44. The number of methoxy groups -OCH3 is 1. The molecule has 2 unspecified atom stereocenters. The lowest BCUT2D eigenvalue weighted by Gasteiger charge is -2.37. The Kier molecular flexibility index (Phi) is 5.78. The normalized spacial score (nSPS) is 19.4. The summed E-state index contributed by atoms with van der Waals surface area (Å²) in [6, 6.07) is 12.8. The van der Waals surface area contributed by atoms with Gasteiger partial charge in [0.05, 0.1) is 32.4 Å². The molecule has 1 saturated heterocycles. The van der Waals surface area contributed by atoms with Crippen LogP contribution in [0.5, 0.6) is 5.75 Å². The molecule has 1 aromatic carbocycles. The summed E-state index contributed by atoms with van der Waals surface area (Å²) in [5.41, 5.74) is 0.814. The molecule has 0 bridgehead atoms. The van der Waals surface area contributed by atoms with Crippen molar-refractivity contribution in [3.63, 3.8) is 0 Å². The van der Waals surface area contributed by atoms with E-state index < -0.39 is 0 Å². The second-order valence-electron chi connectivity index (χ2n) is 6.93. The maximum atomic E-state index is 6.01. The van der Waals surface area contributed by atoms with E-state index in [1.54, 1.807) is 7.11 Å². The first-order valence-electron chi connectivity index (χ1n) is 9.40. The molecule has 1 fully saturated rings. The van der Waals surface area contributed by atoms with Gasteiger partial charge in [-0.15, -0.1) is 11.3 Å². The molecule has 6 heteroatoms. The molecule has 0 saturated carbocycles. The number of morpholine rings is 1. The maximum absolute atomic E-state index is 6.01. The van der Waals surface area contributed by atoms with Gasteiger partial charge in [0, 0.05) is 29.9 Å². The predicted octanol–water partition coefficient (Wildman–Crippen LogP) is 4.05. The molecular formula is C21H26N2O3S. The van der Waals surface area contributed by atoms with Gasteiger partial charge in [-0.25, -0.2) is 0 Å². The highest BCUT2D eigenvalue weighted by molar-refractivity contribution is 7.10. The molecule has 3 heterocycles. The Morgan fingerprint density at radius 1 is 1.33 bits per heavy atom. The maximum Gasteiger partial charge on any atom is 0.176 e. The number of thiophene rings is 1. The SMILES string of the molecule is COc1cccc2cc(CNCC(c3cccs3)N3CCOC(C)C3)oc12. The standard InChI is InChI=1S/C21H26N2O3S/c1-15-14-23(8-9-25-15)18(20-7-4-10-27-20)13-22-12-17-11-16-5-3-6-19(24-2)21(16)26-17/h3-7,10-11,15,18,22H,8-9,12-14H2,1-2H3. The summed E-state index contributed by atoms with van der Waals surface area (Å²) < 4.78 is 17.1. The van der Waals surface area contributed by atoms with E-state index in [1.807, 2.05) is 23.5 Å². The molecule has 27 heavy (non-hydrogen) atoms. The summed E-state index contributed by atoms with van der Waals surface area (Å²) >= 11 is 1.82. The van der Waals surface area contributed by atoms with Gasteiger partial charge in [-0.2, -0.15) is 0 Å². The summed E-state index contributed by atoms with van der Waals surface area (Å²) in [5.74, 6) is 1.70. The van der Waals surface area contributed by atoms with Crippen LogP contribution < -0.4 is 10.1 Å². The Morgan fingerprint density at radius 2 is 2.26 bits per heavy atom. The lowest BCUT2D eigenvalue weighted by Crippen LogP contribution is -2.45. The van der Waals surface area contributed by atoms with Crippen LogP contribution in [0.25, 0.3) is 11.0 Å². The summed E-state index contributed by atoms with van der Waals surface area (Å²) in [6.07, 6.45) is 0.282. The van der Waals surface area contributed by atoms with Crippen LogP contribution in [0, 0.1) is 0 Å². The average Bonchev–Trinajstić information content (AvgIpc) is 3.34. The molecule has 0 amide bonds. The Hall–Kier alpha value is -1.86. The first-order valence-corrected chi connectivity index (χ1v) is 10.3. The number of nitrogens with zero attached hydrogens (tertiary/aromatic N) is 1. The van der Waals surface area contributed by atoms with Crippen molar-refractivity contribution in [1.29, 1.82) is 0 Å². The zero-order valence-electron chi connectivity index (χ0n) is 15.8. The summed E-state index contributed by atoms with van der Waals surface area (Å²) in [6.45, 7) is 6.45. The van der Waals surface area contributed by atoms with Gasteiger partial charge < -0.3 is 19.2 Å². The van der Waals surface area contributed by atoms with Crippen molar-refractivity contribution in [2.24, 2.45) is 0 Å². The van der Waals surface area contributed by atoms with Gasteiger partial charge >= 0.3 is 0 Å². The lowest BCUT2D eigenvalue weighted by molar-refractivity contribution is -0.0340. The fourth-order valence-corrected chi connectivity index (χ4v) is 4.55. The zero-order valence-corrected chi connectivity index (χ0v) is 16.6. The Labute approximate surface area is 163 Å². The molecule has 0 radical (unpaired) electrons. The third kappa shape index (κ3) is 4.19. The van der Waals surface area contributed by atoms with Crippen LogP contribution in [-0.2, 0) is 11.3 Å². The number of ether oxygens (including phenoxy) is 2. The fourth-order valence-electron chi connectivity index (χ4n) is 3.69. The molecule has 5 nitrogen and oxygen atoms in total. The van der Waals surface area contributed by atoms with E-state index >= 15 is 0 Å². The quantitative estimate of drug-likeness (QED) is 0.664. The third-order valence-electron chi connectivity index (χ3n) is 5.00. The summed E-state index contributed by atoms with van der Waals surface area (Å²) in [5, 5.41) is 6.81. The van der Waals surface area contributed by atoms with Crippen molar-refractivity contribution in [1.82, 2.24) is 10.2 Å². The van der Waals surface area contributed by atoms with Crippen LogP contribution in [0.2, 0.25) is 0 Å². The number of benzene rings is 1. The topological polar surface area (TPSA) is 46.9 Å². The molecule has 144 valence electrons. The largest absolute Gasteiger partial charge is 0.493 e. The van der Waals surface area contributed by atoms with Crippen molar-refractivity contribution in [3.8, 4) is 5.75 Å². The molecule has 3 aromatic rings. The number of rotatable bonds is 7. The van der Waals surface area contributed by atoms with E-state index in [4.69, 9.17) is 13.9 Å². The van der Waals surface area contributed by atoms with Crippen LogP contribution in [0.3, 0.4) is 0 Å². The smallest absolute Gasteiger partial charge is 0.176 e. The van der Waals surface area contributed by atoms with Crippen molar-refractivity contribution in [2.75, 3.05) is 33.4 Å². The molecule has 1 aliphatic rings. The molecule has 1 aliphatic heterocycles. The van der Waals surface area contributed by atoms with Crippen molar-refractivity contribution in [3.05, 3.63) is 52.4 Å². The number of para-hydroxylation sites is 1. The van der Waals surface area contributed by atoms with Crippen LogP contribution in [0.1, 0.15) is 23.6 Å². The highest BCUT2D eigenvalue weighted by atomic mass is 32.1. The number of furan rings is 1. The van der Waals surface area contributed by atoms with Crippen molar-refractivity contribution < 1.29 is 13.9 Å². The van der Waals surface area contributed by atoms with Crippen LogP contribution >= 0.6 is 11.3 Å². The average molecular weight is 387 g/mol.